The van der Waals surface area contributed by atoms with Crippen molar-refractivity contribution in [2.45, 2.75) is 51.9 Å². The van der Waals surface area contributed by atoms with Gasteiger partial charge < -0.3 is 0 Å². The van der Waals surface area contributed by atoms with Gasteiger partial charge in [0.25, 0.3) is 0 Å². The van der Waals surface area contributed by atoms with Crippen LogP contribution in [0.1, 0.15) is 51.9 Å². The van der Waals surface area contributed by atoms with Crippen LogP contribution in [0.3, 0.4) is 0 Å². The molecule has 68 valence electrons. The second-order valence-corrected chi connectivity index (χ2v) is 4.76. The third kappa shape index (κ3) is 1.55. The fourth-order valence-electron chi connectivity index (χ4n) is 2.60. The number of carbonyl (C=O) groups is 1. The maximum atomic E-state index is 11.3. The molecule has 1 atom stereocenters. The van der Waals surface area contributed by atoms with E-state index in [4.69, 9.17) is 0 Å². The molecule has 0 amide bonds. The van der Waals surface area contributed by atoms with Crippen LogP contribution in [-0.4, -0.2) is 5.78 Å². The van der Waals surface area contributed by atoms with Gasteiger partial charge in [-0.2, -0.15) is 0 Å². The van der Waals surface area contributed by atoms with Crippen LogP contribution in [0.5, 0.6) is 0 Å². The van der Waals surface area contributed by atoms with Crippen LogP contribution in [0.15, 0.2) is 0 Å². The van der Waals surface area contributed by atoms with Crippen molar-refractivity contribution in [2.75, 3.05) is 0 Å². The summed E-state index contributed by atoms with van der Waals surface area (Å²) in [6.07, 6.45) is 9.22. The molecule has 0 bridgehead atoms. The molecule has 0 radical (unpaired) electrons. The molecular weight excluding hydrogens is 148 g/mol. The predicted molar refractivity (Wildman–Crippen MR) is 48.9 cm³/mol. The van der Waals surface area contributed by atoms with E-state index in [1.54, 1.807) is 6.92 Å². The predicted octanol–water partition coefficient (Wildman–Crippen LogP) is 2.94. The Morgan fingerprint density at radius 1 is 1.25 bits per heavy atom. The van der Waals surface area contributed by atoms with E-state index >= 15 is 0 Å². The zero-order valence-electron chi connectivity index (χ0n) is 7.94. The van der Waals surface area contributed by atoms with Crippen molar-refractivity contribution in [1.29, 1.82) is 0 Å². The number of hydrogen-bond donors (Lipinski definition) is 0. The Morgan fingerprint density at radius 2 is 2.00 bits per heavy atom. The smallest absolute Gasteiger partial charge is 0.132 e. The first-order valence-corrected chi connectivity index (χ1v) is 5.22. The molecule has 2 rings (SSSR count). The highest BCUT2D eigenvalue weighted by atomic mass is 16.1. The molecule has 0 aromatic rings. The number of rotatable bonds is 1. The zero-order chi connectivity index (χ0) is 8.60. The minimum atomic E-state index is 0.412. The van der Waals surface area contributed by atoms with E-state index in [-0.39, 0.29) is 0 Å². The van der Waals surface area contributed by atoms with Crippen LogP contribution >= 0.6 is 0 Å². The van der Waals surface area contributed by atoms with Crippen LogP contribution in [0, 0.1) is 11.3 Å². The molecule has 1 nitrogen and oxygen atoms in total. The zero-order valence-corrected chi connectivity index (χ0v) is 7.94. The van der Waals surface area contributed by atoms with Crippen molar-refractivity contribution in [3.05, 3.63) is 0 Å². The Hall–Kier alpha value is -0.330. The van der Waals surface area contributed by atoms with Crippen molar-refractivity contribution in [1.82, 2.24) is 0 Å². The molecule has 0 N–H and O–H groups in total. The number of Topliss-reactive ketones (excluding diaryl/α,β-unsaturated/α-hetero) is 1. The van der Waals surface area contributed by atoms with Gasteiger partial charge in [-0.15, -0.1) is 0 Å². The van der Waals surface area contributed by atoms with Gasteiger partial charge in [-0.05, 0) is 44.4 Å². The van der Waals surface area contributed by atoms with Gasteiger partial charge in [0.2, 0.25) is 0 Å². The van der Waals surface area contributed by atoms with Gasteiger partial charge in [-0.1, -0.05) is 12.8 Å². The normalized spacial score (nSPS) is 32.9. The molecule has 0 saturated heterocycles. The first kappa shape index (κ1) is 8.28. The first-order chi connectivity index (χ1) is 5.72. The summed E-state index contributed by atoms with van der Waals surface area (Å²) in [5.41, 5.74) is 0.646. The summed E-state index contributed by atoms with van der Waals surface area (Å²) in [6, 6.07) is 0. The summed E-state index contributed by atoms with van der Waals surface area (Å²) in [5, 5.41) is 0. The van der Waals surface area contributed by atoms with Crippen LogP contribution in [-0.2, 0) is 4.79 Å². The number of hydrogen-bond acceptors (Lipinski definition) is 1. The van der Waals surface area contributed by atoms with E-state index in [0.717, 1.165) is 6.42 Å². The van der Waals surface area contributed by atoms with E-state index < -0.39 is 0 Å². The lowest BCUT2D eigenvalue weighted by Crippen LogP contribution is -2.14. The third-order valence-corrected chi connectivity index (χ3v) is 3.72. The van der Waals surface area contributed by atoms with Crippen LogP contribution in [0.2, 0.25) is 0 Å². The fraction of sp³-hybridized carbons (Fsp3) is 0.909. The molecule has 2 fully saturated rings. The van der Waals surface area contributed by atoms with Gasteiger partial charge in [0, 0.05) is 5.92 Å². The second kappa shape index (κ2) is 2.86. The summed E-state index contributed by atoms with van der Waals surface area (Å²) in [6.45, 7) is 1.77. The van der Waals surface area contributed by atoms with Gasteiger partial charge in [0.05, 0.1) is 0 Å². The van der Waals surface area contributed by atoms with Crippen molar-refractivity contribution in [2.24, 2.45) is 11.3 Å². The monoisotopic (exact) mass is 166 g/mol. The molecule has 1 heteroatoms. The Balaban J connectivity index is 2.01. The van der Waals surface area contributed by atoms with E-state index in [0.29, 0.717) is 17.1 Å². The summed E-state index contributed by atoms with van der Waals surface area (Å²) >= 11 is 0. The highest BCUT2D eigenvalue weighted by Gasteiger charge is 2.45. The summed E-state index contributed by atoms with van der Waals surface area (Å²) in [5.74, 6) is 0.846. The van der Waals surface area contributed by atoms with E-state index in [1.165, 1.54) is 38.5 Å². The highest BCUT2D eigenvalue weighted by Crippen LogP contribution is 2.56. The molecule has 12 heavy (non-hydrogen) atoms. The highest BCUT2D eigenvalue weighted by molar-refractivity contribution is 5.78. The molecule has 2 saturated carbocycles. The lowest BCUT2D eigenvalue weighted by atomic mass is 9.88. The maximum absolute atomic E-state index is 11.3. The van der Waals surface area contributed by atoms with Crippen LogP contribution in [0.4, 0.5) is 0 Å². The quantitative estimate of drug-likeness (QED) is 0.585. The van der Waals surface area contributed by atoms with Crippen LogP contribution < -0.4 is 0 Å². The molecule has 0 aromatic carbocycles. The minimum Gasteiger partial charge on any atom is -0.300 e. The SMILES string of the molecule is CC(=O)[C@H]1CCCCC2(CC2)C1. The first-order valence-electron chi connectivity index (χ1n) is 5.22. The Kier molecular flexibility index (Phi) is 1.97. The lowest BCUT2D eigenvalue weighted by Gasteiger charge is -2.15. The maximum Gasteiger partial charge on any atom is 0.132 e. The molecule has 0 unspecified atom stereocenters. The number of ketones is 1. The van der Waals surface area contributed by atoms with E-state index in [9.17, 15) is 4.79 Å². The molecule has 1 spiro atoms. The topological polar surface area (TPSA) is 17.1 Å². The Morgan fingerprint density at radius 3 is 2.58 bits per heavy atom. The average molecular weight is 166 g/mol. The van der Waals surface area contributed by atoms with Gasteiger partial charge in [-0.3, -0.25) is 4.79 Å². The van der Waals surface area contributed by atoms with Gasteiger partial charge >= 0.3 is 0 Å². The second-order valence-electron chi connectivity index (χ2n) is 4.76. The van der Waals surface area contributed by atoms with Crippen molar-refractivity contribution >= 4 is 5.78 Å². The van der Waals surface area contributed by atoms with Crippen molar-refractivity contribution in [3.63, 3.8) is 0 Å². The lowest BCUT2D eigenvalue weighted by molar-refractivity contribution is -0.121. The standard InChI is InChI=1S/C11H18O/c1-9(12)10-4-2-3-5-11(8-10)6-7-11/h10H,2-8H2,1H3/t10-/m0/s1. The van der Waals surface area contributed by atoms with Gasteiger partial charge in [-0.25, -0.2) is 0 Å². The molecule has 0 heterocycles. The largest absolute Gasteiger partial charge is 0.300 e. The third-order valence-electron chi connectivity index (χ3n) is 3.72. The molecule has 2 aliphatic carbocycles. The molecule has 2 aliphatic rings. The van der Waals surface area contributed by atoms with E-state index in [1.807, 2.05) is 0 Å². The molecular formula is C11H18O. The van der Waals surface area contributed by atoms with Gasteiger partial charge in [0.15, 0.2) is 0 Å². The average Bonchev–Trinajstić information content (AvgIpc) is 2.80. The van der Waals surface area contributed by atoms with Crippen molar-refractivity contribution in [3.8, 4) is 0 Å². The number of carbonyl (C=O) groups excluding carboxylic acids is 1. The Bertz CT molecular complexity index is 191. The summed E-state index contributed by atoms with van der Waals surface area (Å²) in [4.78, 5) is 11.3. The summed E-state index contributed by atoms with van der Waals surface area (Å²) in [7, 11) is 0. The molecule has 0 aromatic heterocycles. The molecule has 0 aliphatic heterocycles. The van der Waals surface area contributed by atoms with Crippen molar-refractivity contribution < 1.29 is 4.79 Å². The van der Waals surface area contributed by atoms with E-state index in [2.05, 4.69) is 0 Å². The minimum absolute atomic E-state index is 0.412. The Labute approximate surface area is 74.5 Å². The fourth-order valence-corrected chi connectivity index (χ4v) is 2.60. The van der Waals surface area contributed by atoms with Crippen LogP contribution in [0.25, 0.3) is 0 Å². The van der Waals surface area contributed by atoms with Gasteiger partial charge in [0.1, 0.15) is 5.78 Å². The summed E-state index contributed by atoms with van der Waals surface area (Å²) < 4.78 is 0.